The molecule has 0 saturated heterocycles. The zero-order valence-corrected chi connectivity index (χ0v) is 18.3. The van der Waals surface area contributed by atoms with Gasteiger partial charge in [-0.1, -0.05) is 77.6 Å². The SMILES string of the molecule is CCCCCCCCCCCCCCC(=O)OC(CC(=O)[O-])C[N+](C)(C)C. The van der Waals surface area contributed by atoms with Crippen LogP contribution in [0.4, 0.5) is 0 Å². The third-order valence-corrected chi connectivity index (χ3v) is 4.68. The molecule has 0 radical (unpaired) electrons. The highest BCUT2D eigenvalue weighted by Gasteiger charge is 2.22. The van der Waals surface area contributed by atoms with E-state index in [-0.39, 0.29) is 12.4 Å². The Morgan fingerprint density at radius 1 is 0.815 bits per heavy atom. The van der Waals surface area contributed by atoms with E-state index in [4.69, 9.17) is 4.74 Å². The average Bonchev–Trinajstić information content (AvgIpc) is 2.53. The van der Waals surface area contributed by atoms with E-state index >= 15 is 0 Å². The molecule has 0 aromatic rings. The zero-order chi connectivity index (χ0) is 20.5. The van der Waals surface area contributed by atoms with Crippen LogP contribution in [0.25, 0.3) is 0 Å². The summed E-state index contributed by atoms with van der Waals surface area (Å²) in [4.78, 5) is 22.8. The standard InChI is InChI=1S/C22H43NO4/c1-5-6-7-8-9-10-11-12-13-14-15-16-17-22(26)27-20(18-21(24)25)19-23(2,3)4/h20H,5-19H2,1-4H3. The van der Waals surface area contributed by atoms with Gasteiger partial charge in [-0.25, -0.2) is 0 Å². The first kappa shape index (κ1) is 25.9. The van der Waals surface area contributed by atoms with Crippen LogP contribution in [0.3, 0.4) is 0 Å². The van der Waals surface area contributed by atoms with E-state index in [1.54, 1.807) is 0 Å². The minimum atomic E-state index is -1.17. The van der Waals surface area contributed by atoms with E-state index < -0.39 is 12.1 Å². The molecule has 0 aliphatic rings. The van der Waals surface area contributed by atoms with E-state index in [9.17, 15) is 14.7 Å². The van der Waals surface area contributed by atoms with Crippen LogP contribution < -0.4 is 5.11 Å². The van der Waals surface area contributed by atoms with Gasteiger partial charge in [0.05, 0.1) is 21.1 Å². The molecule has 1 atom stereocenters. The van der Waals surface area contributed by atoms with Crippen LogP contribution in [0, 0.1) is 0 Å². The van der Waals surface area contributed by atoms with Crippen LogP contribution in [0.5, 0.6) is 0 Å². The van der Waals surface area contributed by atoms with E-state index in [0.29, 0.717) is 17.4 Å². The van der Waals surface area contributed by atoms with Gasteiger partial charge in [0.25, 0.3) is 0 Å². The average molecular weight is 386 g/mol. The summed E-state index contributed by atoms with van der Waals surface area (Å²) in [7, 11) is 5.84. The Bertz CT molecular complexity index is 390. The number of rotatable bonds is 18. The van der Waals surface area contributed by atoms with Crippen molar-refractivity contribution in [2.45, 2.75) is 103 Å². The largest absolute Gasteiger partial charge is 0.550 e. The van der Waals surface area contributed by atoms with Gasteiger partial charge in [-0.2, -0.15) is 0 Å². The third kappa shape index (κ3) is 19.5. The molecule has 0 heterocycles. The molecular formula is C22H43NO4. The van der Waals surface area contributed by atoms with Gasteiger partial charge in [-0.05, 0) is 6.42 Å². The minimum Gasteiger partial charge on any atom is -0.550 e. The highest BCUT2D eigenvalue weighted by molar-refractivity contribution is 5.70. The van der Waals surface area contributed by atoms with Crippen molar-refractivity contribution < 1.29 is 23.9 Å². The maximum atomic E-state index is 12.0. The Morgan fingerprint density at radius 2 is 1.26 bits per heavy atom. The van der Waals surface area contributed by atoms with Crippen molar-refractivity contribution in [2.24, 2.45) is 0 Å². The van der Waals surface area contributed by atoms with Gasteiger partial charge in [0.1, 0.15) is 6.54 Å². The number of hydrogen-bond acceptors (Lipinski definition) is 4. The molecule has 0 saturated carbocycles. The minimum absolute atomic E-state index is 0.236. The predicted octanol–water partition coefficient (Wildman–Crippen LogP) is 3.84. The van der Waals surface area contributed by atoms with Gasteiger partial charge in [0.2, 0.25) is 0 Å². The summed E-state index contributed by atoms with van der Waals surface area (Å²) < 4.78 is 5.91. The summed E-state index contributed by atoms with van der Waals surface area (Å²) in [6.07, 6.45) is 14.5. The molecule has 0 aliphatic heterocycles. The van der Waals surface area contributed by atoms with Gasteiger partial charge in [0, 0.05) is 18.8 Å². The van der Waals surface area contributed by atoms with Gasteiger partial charge in [-0.15, -0.1) is 0 Å². The van der Waals surface area contributed by atoms with Crippen LogP contribution in [-0.2, 0) is 14.3 Å². The molecule has 0 N–H and O–H groups in total. The zero-order valence-electron chi connectivity index (χ0n) is 18.3. The molecule has 0 amide bonds. The number of esters is 1. The molecule has 1 unspecified atom stereocenters. The van der Waals surface area contributed by atoms with Crippen molar-refractivity contribution in [3.63, 3.8) is 0 Å². The van der Waals surface area contributed by atoms with Crippen molar-refractivity contribution in [3.05, 3.63) is 0 Å². The Balaban J connectivity index is 3.67. The Hall–Kier alpha value is -1.10. The maximum Gasteiger partial charge on any atom is 0.306 e. The maximum absolute atomic E-state index is 12.0. The van der Waals surface area contributed by atoms with Crippen LogP contribution >= 0.6 is 0 Å². The Labute approximate surface area is 167 Å². The normalized spacial score (nSPS) is 12.7. The number of unbranched alkanes of at least 4 members (excludes halogenated alkanes) is 11. The summed E-state index contributed by atoms with van der Waals surface area (Å²) in [6, 6.07) is 0. The number of quaternary nitrogens is 1. The first-order valence-electron chi connectivity index (χ1n) is 10.9. The fourth-order valence-electron chi connectivity index (χ4n) is 3.30. The summed E-state index contributed by atoms with van der Waals surface area (Å²) >= 11 is 0. The molecule has 0 aromatic carbocycles. The second-order valence-electron chi connectivity index (χ2n) is 8.80. The quantitative estimate of drug-likeness (QED) is 0.204. The number of likely N-dealkylation sites (N-methyl/N-ethyl adjacent to an activating group) is 1. The van der Waals surface area contributed by atoms with Gasteiger partial charge in [0.15, 0.2) is 6.10 Å². The van der Waals surface area contributed by atoms with Gasteiger partial charge < -0.3 is 19.1 Å². The van der Waals surface area contributed by atoms with Crippen LogP contribution in [-0.4, -0.2) is 50.2 Å². The van der Waals surface area contributed by atoms with E-state index in [0.717, 1.165) is 19.3 Å². The molecule has 0 rings (SSSR count). The van der Waals surface area contributed by atoms with Crippen LogP contribution in [0.2, 0.25) is 0 Å². The first-order valence-corrected chi connectivity index (χ1v) is 10.9. The summed E-state index contributed by atoms with van der Waals surface area (Å²) in [5.41, 5.74) is 0. The molecule has 0 aromatic heterocycles. The van der Waals surface area contributed by atoms with E-state index in [2.05, 4.69) is 6.92 Å². The smallest absolute Gasteiger partial charge is 0.306 e. The van der Waals surface area contributed by atoms with E-state index in [1.807, 2.05) is 21.1 Å². The van der Waals surface area contributed by atoms with Crippen molar-refractivity contribution in [2.75, 3.05) is 27.7 Å². The molecule has 0 fully saturated rings. The molecule has 27 heavy (non-hydrogen) atoms. The van der Waals surface area contributed by atoms with Crippen LogP contribution in [0.1, 0.15) is 96.8 Å². The highest BCUT2D eigenvalue weighted by Crippen LogP contribution is 2.13. The molecule has 5 heteroatoms. The number of aliphatic carboxylic acids is 1. The number of carboxylic acids is 1. The number of carbonyl (C=O) groups excluding carboxylic acids is 2. The topological polar surface area (TPSA) is 66.4 Å². The first-order chi connectivity index (χ1) is 12.7. The van der Waals surface area contributed by atoms with Crippen molar-refractivity contribution >= 4 is 11.9 Å². The number of carbonyl (C=O) groups is 2. The lowest BCUT2D eigenvalue weighted by molar-refractivity contribution is -0.873. The molecule has 0 spiro atoms. The highest BCUT2D eigenvalue weighted by atomic mass is 16.5. The third-order valence-electron chi connectivity index (χ3n) is 4.68. The number of hydrogen-bond donors (Lipinski definition) is 0. The van der Waals surface area contributed by atoms with Crippen molar-refractivity contribution in [1.29, 1.82) is 0 Å². The molecule has 5 nitrogen and oxygen atoms in total. The lowest BCUT2D eigenvalue weighted by Crippen LogP contribution is -2.45. The van der Waals surface area contributed by atoms with Crippen molar-refractivity contribution in [3.8, 4) is 0 Å². The molecular weight excluding hydrogens is 342 g/mol. The lowest BCUT2D eigenvalue weighted by atomic mass is 10.0. The molecule has 160 valence electrons. The number of carboxylic acid groups (broad SMARTS) is 1. The summed E-state index contributed by atoms with van der Waals surface area (Å²) in [5, 5.41) is 10.8. The Kier molecular flexibility index (Phi) is 15.3. The predicted molar refractivity (Wildman–Crippen MR) is 108 cm³/mol. The summed E-state index contributed by atoms with van der Waals surface area (Å²) in [6.45, 7) is 2.72. The lowest BCUT2D eigenvalue weighted by Gasteiger charge is -2.29. The second kappa shape index (κ2) is 15.9. The monoisotopic (exact) mass is 385 g/mol. The fourth-order valence-corrected chi connectivity index (χ4v) is 3.30. The number of nitrogens with zero attached hydrogens (tertiary/aromatic N) is 1. The molecule has 0 bridgehead atoms. The molecule has 0 aliphatic carbocycles. The summed E-state index contributed by atoms with van der Waals surface area (Å²) in [5.74, 6) is -1.46. The fraction of sp³-hybridized carbons (Fsp3) is 0.909. The number of ether oxygens (including phenoxy) is 1. The second-order valence-corrected chi connectivity index (χ2v) is 8.80. The van der Waals surface area contributed by atoms with Crippen LogP contribution in [0.15, 0.2) is 0 Å². The Morgan fingerprint density at radius 3 is 1.67 bits per heavy atom. The van der Waals surface area contributed by atoms with Gasteiger partial charge >= 0.3 is 5.97 Å². The van der Waals surface area contributed by atoms with Crippen molar-refractivity contribution in [1.82, 2.24) is 0 Å². The van der Waals surface area contributed by atoms with E-state index in [1.165, 1.54) is 57.8 Å². The van der Waals surface area contributed by atoms with Gasteiger partial charge in [-0.3, -0.25) is 4.79 Å².